The lowest BCUT2D eigenvalue weighted by Crippen LogP contribution is -2.30. The van der Waals surface area contributed by atoms with Gasteiger partial charge in [0.1, 0.15) is 6.26 Å². The molecule has 2 aliphatic heterocycles. The van der Waals surface area contributed by atoms with Crippen LogP contribution in [0.15, 0.2) is 65.5 Å². The summed E-state index contributed by atoms with van der Waals surface area (Å²) in [5, 5.41) is 4.10. The van der Waals surface area contributed by atoms with E-state index < -0.39 is 0 Å². The second kappa shape index (κ2) is 8.10. The molecule has 0 saturated carbocycles. The summed E-state index contributed by atoms with van der Waals surface area (Å²) in [6.45, 7) is 9.33. The van der Waals surface area contributed by atoms with E-state index in [0.717, 1.165) is 46.5 Å². The molecule has 33 heavy (non-hydrogen) atoms. The summed E-state index contributed by atoms with van der Waals surface area (Å²) in [5.74, 6) is 0.886. The Balaban J connectivity index is 1.52. The fourth-order valence-electron chi connectivity index (χ4n) is 4.58. The molecule has 3 heterocycles. The molecule has 6 heteroatoms. The highest BCUT2D eigenvalue weighted by Crippen LogP contribution is 2.38. The fraction of sp³-hybridized carbons (Fsp3) is 0.333. The number of ether oxygens (including phenoxy) is 1. The zero-order chi connectivity index (χ0) is 23.2. The van der Waals surface area contributed by atoms with Crippen LogP contribution < -0.4 is 4.90 Å². The number of amides is 1. The third-order valence-electron chi connectivity index (χ3n) is 6.78. The summed E-state index contributed by atoms with van der Waals surface area (Å²) in [7, 11) is 0. The second-order valence-corrected chi connectivity index (χ2v) is 9.52. The van der Waals surface area contributed by atoms with Crippen molar-refractivity contribution in [3.8, 4) is 11.1 Å². The first-order valence-corrected chi connectivity index (χ1v) is 11.4. The molecule has 1 saturated heterocycles. The molecule has 1 unspecified atom stereocenters. The molecule has 1 fully saturated rings. The van der Waals surface area contributed by atoms with Gasteiger partial charge in [0.15, 0.2) is 0 Å². The van der Waals surface area contributed by atoms with Gasteiger partial charge in [-0.05, 0) is 43.0 Å². The molecule has 5 rings (SSSR count). The number of carbonyl (C=O) groups is 1. The maximum atomic E-state index is 13.0. The lowest BCUT2D eigenvalue weighted by atomic mass is 9.92. The number of rotatable bonds is 5. The first kappa shape index (κ1) is 21.3. The quantitative estimate of drug-likeness (QED) is 0.504. The number of likely N-dealkylation sites (tertiary alicyclic amines) is 1. The Bertz CT molecular complexity index is 1210. The van der Waals surface area contributed by atoms with E-state index in [1.54, 1.807) is 6.26 Å². The maximum Gasteiger partial charge on any atom is 0.237 e. The summed E-state index contributed by atoms with van der Waals surface area (Å²) < 4.78 is 11.6. The van der Waals surface area contributed by atoms with Crippen molar-refractivity contribution in [2.24, 2.45) is 5.41 Å². The summed E-state index contributed by atoms with van der Waals surface area (Å²) in [6, 6.07) is 16.7. The molecule has 0 radical (unpaired) electrons. The summed E-state index contributed by atoms with van der Waals surface area (Å²) in [5.41, 5.74) is 5.90. The van der Waals surface area contributed by atoms with Crippen molar-refractivity contribution in [1.82, 2.24) is 10.1 Å². The largest absolute Gasteiger partial charge is 0.472 e. The Morgan fingerprint density at radius 1 is 1.12 bits per heavy atom. The van der Waals surface area contributed by atoms with Gasteiger partial charge >= 0.3 is 0 Å². The van der Waals surface area contributed by atoms with E-state index in [2.05, 4.69) is 35.5 Å². The lowest BCUT2D eigenvalue weighted by Gasteiger charge is -2.25. The summed E-state index contributed by atoms with van der Waals surface area (Å²) >= 11 is 0. The number of carbonyl (C=O) groups excluding carboxylic acids is 1. The Hall–Kier alpha value is -3.54. The van der Waals surface area contributed by atoms with E-state index in [0.29, 0.717) is 12.4 Å². The van der Waals surface area contributed by atoms with Crippen molar-refractivity contribution < 1.29 is 14.1 Å². The Labute approximate surface area is 194 Å². The lowest BCUT2D eigenvalue weighted by molar-refractivity contribution is -0.135. The van der Waals surface area contributed by atoms with Crippen molar-refractivity contribution in [1.29, 1.82) is 0 Å². The van der Waals surface area contributed by atoms with E-state index in [-0.39, 0.29) is 17.6 Å². The van der Waals surface area contributed by atoms with Gasteiger partial charge in [-0.2, -0.15) is 0 Å². The third kappa shape index (κ3) is 3.80. The SMILES string of the molecule is Cc1noc(N2C=COC2c2ccc(-c3ccccc3)c(CN3CCC(C)(C)C3=O)c2)c1C. The molecule has 3 aromatic rings. The number of anilines is 1. The molecule has 2 aliphatic rings. The van der Waals surface area contributed by atoms with Crippen LogP contribution >= 0.6 is 0 Å². The van der Waals surface area contributed by atoms with Crippen molar-refractivity contribution in [3.05, 3.63) is 83.4 Å². The van der Waals surface area contributed by atoms with Gasteiger partial charge in [0.25, 0.3) is 0 Å². The van der Waals surface area contributed by atoms with Crippen LogP contribution in [0.1, 0.15) is 48.9 Å². The highest BCUT2D eigenvalue weighted by atomic mass is 16.5. The van der Waals surface area contributed by atoms with Crippen molar-refractivity contribution in [3.63, 3.8) is 0 Å². The molecule has 1 aromatic heterocycles. The molecular formula is C27H29N3O3. The minimum absolute atomic E-state index is 0.208. The van der Waals surface area contributed by atoms with E-state index >= 15 is 0 Å². The fourth-order valence-corrected chi connectivity index (χ4v) is 4.58. The van der Waals surface area contributed by atoms with Crippen LogP contribution in [0.2, 0.25) is 0 Å². The van der Waals surface area contributed by atoms with Gasteiger partial charge < -0.3 is 14.2 Å². The average molecular weight is 444 g/mol. The number of hydrogen-bond donors (Lipinski definition) is 0. The third-order valence-corrected chi connectivity index (χ3v) is 6.78. The van der Waals surface area contributed by atoms with Crippen molar-refractivity contribution >= 4 is 11.8 Å². The smallest absolute Gasteiger partial charge is 0.237 e. The molecule has 6 nitrogen and oxygen atoms in total. The standard InChI is InChI=1S/C27H29N3O3/c1-18-19(2)28-33-24(18)30-14-15-32-25(30)21-10-11-23(20-8-6-5-7-9-20)22(16-21)17-29-13-12-27(3,4)26(29)31/h5-11,14-16,25H,12-13,17H2,1-4H3. The summed E-state index contributed by atoms with van der Waals surface area (Å²) in [4.78, 5) is 16.9. The van der Waals surface area contributed by atoms with Gasteiger partial charge in [-0.25, -0.2) is 0 Å². The van der Waals surface area contributed by atoms with Crippen LogP contribution in [0.5, 0.6) is 0 Å². The normalized spacial score (nSPS) is 19.4. The molecule has 0 aliphatic carbocycles. The van der Waals surface area contributed by atoms with Crippen LogP contribution in [-0.4, -0.2) is 22.5 Å². The van der Waals surface area contributed by atoms with Crippen LogP contribution in [0.3, 0.4) is 0 Å². The van der Waals surface area contributed by atoms with Gasteiger partial charge in [-0.15, -0.1) is 0 Å². The molecule has 0 bridgehead atoms. The predicted octanol–water partition coefficient (Wildman–Crippen LogP) is 5.72. The molecule has 0 spiro atoms. The predicted molar refractivity (Wildman–Crippen MR) is 127 cm³/mol. The highest BCUT2D eigenvalue weighted by molar-refractivity contribution is 5.84. The molecule has 170 valence electrons. The zero-order valence-electron chi connectivity index (χ0n) is 19.5. The van der Waals surface area contributed by atoms with E-state index in [4.69, 9.17) is 9.26 Å². The maximum absolute atomic E-state index is 13.0. The minimum atomic E-state index is -0.356. The molecule has 0 N–H and O–H groups in total. The molecule has 2 aromatic carbocycles. The van der Waals surface area contributed by atoms with Crippen LogP contribution in [0.25, 0.3) is 11.1 Å². The zero-order valence-corrected chi connectivity index (χ0v) is 19.5. The van der Waals surface area contributed by atoms with Crippen molar-refractivity contribution in [2.75, 3.05) is 11.4 Å². The Morgan fingerprint density at radius 3 is 2.58 bits per heavy atom. The van der Waals surface area contributed by atoms with E-state index in [1.807, 2.05) is 61.9 Å². The number of nitrogens with zero attached hydrogens (tertiary/aromatic N) is 3. The topological polar surface area (TPSA) is 58.8 Å². The molecular weight excluding hydrogens is 414 g/mol. The van der Waals surface area contributed by atoms with Gasteiger partial charge in [-0.1, -0.05) is 61.5 Å². The van der Waals surface area contributed by atoms with Gasteiger partial charge in [0.05, 0.1) is 5.69 Å². The first-order valence-electron chi connectivity index (χ1n) is 11.4. The van der Waals surface area contributed by atoms with Crippen LogP contribution in [-0.2, 0) is 16.1 Å². The van der Waals surface area contributed by atoms with Gasteiger partial charge in [0.2, 0.25) is 18.0 Å². The molecule has 1 atom stereocenters. The summed E-state index contributed by atoms with van der Waals surface area (Å²) in [6.07, 6.45) is 4.07. The van der Waals surface area contributed by atoms with Crippen molar-refractivity contribution in [2.45, 2.75) is 46.9 Å². The highest BCUT2D eigenvalue weighted by Gasteiger charge is 2.38. The Kier molecular flexibility index (Phi) is 5.23. The van der Waals surface area contributed by atoms with E-state index in [9.17, 15) is 4.79 Å². The van der Waals surface area contributed by atoms with Gasteiger partial charge in [-0.3, -0.25) is 9.69 Å². The molecule has 1 amide bonds. The van der Waals surface area contributed by atoms with Gasteiger partial charge in [0, 0.05) is 35.8 Å². The van der Waals surface area contributed by atoms with Crippen LogP contribution in [0.4, 0.5) is 5.88 Å². The monoisotopic (exact) mass is 443 g/mol. The second-order valence-electron chi connectivity index (χ2n) is 9.52. The number of aryl methyl sites for hydroxylation is 1. The number of benzene rings is 2. The number of aromatic nitrogens is 1. The average Bonchev–Trinajstić information content (AvgIpc) is 3.49. The Morgan fingerprint density at radius 2 is 1.91 bits per heavy atom. The number of hydrogen-bond acceptors (Lipinski definition) is 5. The minimum Gasteiger partial charge on any atom is -0.472 e. The van der Waals surface area contributed by atoms with Crippen LogP contribution in [0, 0.1) is 19.3 Å². The van der Waals surface area contributed by atoms with E-state index in [1.165, 1.54) is 0 Å². The first-order chi connectivity index (χ1) is 15.8.